The number of amides is 1. The van der Waals surface area contributed by atoms with E-state index in [0.29, 0.717) is 59.1 Å². The summed E-state index contributed by atoms with van der Waals surface area (Å²) in [6.07, 6.45) is 1.22. The van der Waals surface area contributed by atoms with E-state index < -0.39 is 72.5 Å². The van der Waals surface area contributed by atoms with E-state index >= 15 is 0 Å². The summed E-state index contributed by atoms with van der Waals surface area (Å²) in [4.78, 5) is 78.3. The first-order valence-electron chi connectivity index (χ1n) is 19.1. The summed E-state index contributed by atoms with van der Waals surface area (Å²) in [7, 11) is 0. The summed E-state index contributed by atoms with van der Waals surface area (Å²) in [5.74, 6) is -1.98. The van der Waals surface area contributed by atoms with Crippen molar-refractivity contribution < 1.29 is 52.5 Å². The smallest absolute Gasteiger partial charge is 0.410 e. The van der Waals surface area contributed by atoms with Crippen molar-refractivity contribution >= 4 is 62.3 Å². The lowest BCUT2D eigenvalue weighted by Gasteiger charge is -2.22. The highest BCUT2D eigenvalue weighted by Crippen LogP contribution is 2.29. The van der Waals surface area contributed by atoms with E-state index in [0.717, 1.165) is 16.3 Å². The fourth-order valence-corrected chi connectivity index (χ4v) is 7.09. The number of hydrogen-bond donors (Lipinski definition) is 1. The molecule has 2 aliphatic rings. The van der Waals surface area contributed by atoms with Crippen LogP contribution in [-0.2, 0) is 46.5 Å². The molecule has 4 aromatic rings. The Kier molecular flexibility index (Phi) is 13.6. The third kappa shape index (κ3) is 10.9. The van der Waals surface area contributed by atoms with E-state index in [1.165, 1.54) is 4.90 Å². The van der Waals surface area contributed by atoms with Crippen LogP contribution < -0.4 is 10.1 Å². The number of ether oxygens (including phenoxy) is 5. The Morgan fingerprint density at radius 1 is 0.724 bits per heavy atom. The molecule has 14 heteroatoms. The van der Waals surface area contributed by atoms with Crippen LogP contribution >= 0.6 is 15.9 Å². The number of fused-ring (bicyclic) bond motifs is 1. The minimum Gasteiger partial charge on any atom is -0.488 e. The minimum atomic E-state index is -0.829. The maximum atomic E-state index is 13.1. The zero-order valence-electron chi connectivity index (χ0n) is 32.5. The van der Waals surface area contributed by atoms with Crippen molar-refractivity contribution in [1.29, 1.82) is 0 Å². The molecule has 2 aliphatic heterocycles. The van der Waals surface area contributed by atoms with Gasteiger partial charge in [-0.05, 0) is 87.7 Å². The van der Waals surface area contributed by atoms with E-state index in [1.807, 2.05) is 36.4 Å². The van der Waals surface area contributed by atoms with Gasteiger partial charge in [0.05, 0.1) is 0 Å². The average molecular weight is 858 g/mol. The van der Waals surface area contributed by atoms with Gasteiger partial charge in [0.15, 0.2) is 24.8 Å². The van der Waals surface area contributed by atoms with Crippen LogP contribution in [0.4, 0.5) is 4.79 Å². The number of esters is 3. The summed E-state index contributed by atoms with van der Waals surface area (Å²) < 4.78 is 28.4. The molecule has 58 heavy (non-hydrogen) atoms. The molecule has 0 aliphatic carbocycles. The SMILES string of the molecule is CC(C)(C)OC(=O)C1CCC(C(=O)OCC(=O)c2ccc(Br)c(COc3cccc4cc(C(=O)COC(=O)C5CCCN5C(=O)OCc5ccccc5)ccc34)c2)N1. The first-order chi connectivity index (χ1) is 27.8. The van der Waals surface area contributed by atoms with Crippen LogP contribution in [-0.4, -0.2) is 84.0 Å². The second kappa shape index (κ2) is 18.8. The largest absolute Gasteiger partial charge is 0.488 e. The number of hydrogen-bond acceptors (Lipinski definition) is 12. The second-order valence-electron chi connectivity index (χ2n) is 15.1. The monoisotopic (exact) mass is 856 g/mol. The van der Waals surface area contributed by atoms with E-state index in [4.69, 9.17) is 23.7 Å². The van der Waals surface area contributed by atoms with Crippen LogP contribution in [0, 0.1) is 0 Å². The molecule has 0 aromatic heterocycles. The Balaban J connectivity index is 0.997. The van der Waals surface area contributed by atoms with Crippen molar-refractivity contribution in [3.8, 4) is 5.75 Å². The van der Waals surface area contributed by atoms with Crippen molar-refractivity contribution in [3.05, 3.63) is 112 Å². The molecule has 304 valence electrons. The number of ketones is 2. The summed E-state index contributed by atoms with van der Waals surface area (Å²) in [6, 6.07) is 22.5. The number of benzene rings is 4. The third-order valence-corrected chi connectivity index (χ3v) is 10.5. The van der Waals surface area contributed by atoms with Crippen molar-refractivity contribution in [2.45, 2.75) is 83.4 Å². The van der Waals surface area contributed by atoms with Gasteiger partial charge in [0.2, 0.25) is 0 Å². The van der Waals surface area contributed by atoms with E-state index in [1.54, 1.807) is 69.3 Å². The van der Waals surface area contributed by atoms with Gasteiger partial charge in [-0.15, -0.1) is 0 Å². The maximum Gasteiger partial charge on any atom is 0.410 e. The number of Topliss-reactive ketones (excluding diaryl/α,β-unsaturated/α-hetero) is 2. The molecule has 2 heterocycles. The van der Waals surface area contributed by atoms with Crippen LogP contribution in [0.15, 0.2) is 89.4 Å². The molecule has 13 nitrogen and oxygen atoms in total. The highest BCUT2D eigenvalue weighted by molar-refractivity contribution is 9.10. The lowest BCUT2D eigenvalue weighted by Crippen LogP contribution is -2.43. The topological polar surface area (TPSA) is 164 Å². The molecular formula is C44H45BrN2O11. The molecule has 4 aromatic carbocycles. The summed E-state index contributed by atoms with van der Waals surface area (Å²) in [6.45, 7) is 4.89. The van der Waals surface area contributed by atoms with Gasteiger partial charge in [-0.25, -0.2) is 9.59 Å². The first kappa shape index (κ1) is 42.0. The van der Waals surface area contributed by atoms with Gasteiger partial charge in [-0.3, -0.25) is 29.4 Å². The highest BCUT2D eigenvalue weighted by atomic mass is 79.9. The molecule has 2 fully saturated rings. The molecule has 0 spiro atoms. The van der Waals surface area contributed by atoms with E-state index in [-0.39, 0.29) is 13.2 Å². The first-order valence-corrected chi connectivity index (χ1v) is 19.8. The Labute approximate surface area is 344 Å². The van der Waals surface area contributed by atoms with Crippen molar-refractivity contribution in [3.63, 3.8) is 0 Å². The zero-order valence-corrected chi connectivity index (χ0v) is 34.1. The lowest BCUT2D eigenvalue weighted by molar-refractivity contribution is -0.157. The number of nitrogens with zero attached hydrogens (tertiary/aromatic N) is 1. The molecule has 1 N–H and O–H groups in total. The van der Waals surface area contributed by atoms with Gasteiger partial charge >= 0.3 is 24.0 Å². The molecule has 0 saturated carbocycles. The summed E-state index contributed by atoms with van der Waals surface area (Å²) in [5.41, 5.74) is 1.51. The third-order valence-electron chi connectivity index (χ3n) is 9.69. The molecule has 0 radical (unpaired) electrons. The fourth-order valence-electron chi connectivity index (χ4n) is 6.72. The van der Waals surface area contributed by atoms with Gasteiger partial charge in [0.1, 0.15) is 42.7 Å². The molecular weight excluding hydrogens is 812 g/mol. The Morgan fingerprint density at radius 2 is 1.40 bits per heavy atom. The van der Waals surface area contributed by atoms with Crippen LogP contribution in [0.3, 0.4) is 0 Å². The fraction of sp³-hybridized carbons (Fsp3) is 0.364. The normalized spacial score (nSPS) is 17.7. The highest BCUT2D eigenvalue weighted by Gasteiger charge is 2.38. The summed E-state index contributed by atoms with van der Waals surface area (Å²) in [5, 5.41) is 4.40. The van der Waals surface area contributed by atoms with Crippen LogP contribution in [0.5, 0.6) is 5.75 Å². The van der Waals surface area contributed by atoms with Gasteiger partial charge in [0, 0.05) is 33.1 Å². The quantitative estimate of drug-likeness (QED) is 0.0795. The van der Waals surface area contributed by atoms with Gasteiger partial charge in [-0.2, -0.15) is 0 Å². The number of carbonyl (C=O) groups excluding carboxylic acids is 6. The summed E-state index contributed by atoms with van der Waals surface area (Å²) >= 11 is 3.52. The van der Waals surface area contributed by atoms with Gasteiger partial charge in [0.25, 0.3) is 0 Å². The minimum absolute atomic E-state index is 0.0818. The molecule has 3 unspecified atom stereocenters. The van der Waals surface area contributed by atoms with E-state index in [9.17, 15) is 28.8 Å². The van der Waals surface area contributed by atoms with Crippen molar-refractivity contribution in [2.24, 2.45) is 0 Å². The Morgan fingerprint density at radius 3 is 2.12 bits per heavy atom. The molecule has 3 atom stereocenters. The number of halogens is 1. The predicted octanol–water partition coefficient (Wildman–Crippen LogP) is 6.90. The van der Waals surface area contributed by atoms with Crippen molar-refractivity contribution in [1.82, 2.24) is 10.2 Å². The average Bonchev–Trinajstić information content (AvgIpc) is 3.92. The molecule has 2 saturated heterocycles. The standard InChI is InChI=1S/C44H45BrN2O11/c1-44(2,3)58-41(51)35-19-18-34(46-35)40(50)55-25-37(48)30-15-17-33(45)31(22-30)24-54-39-13-7-11-28-21-29(14-16-32(28)39)38(49)26-56-42(52)36-12-8-20-47(36)43(53)57-23-27-9-5-4-6-10-27/h4-7,9-11,13-17,21-22,34-36,46H,8,12,18-20,23-26H2,1-3H3. The van der Waals surface area contributed by atoms with Crippen LogP contribution in [0.25, 0.3) is 10.8 Å². The maximum absolute atomic E-state index is 13.1. The van der Waals surface area contributed by atoms with Gasteiger partial charge in [-0.1, -0.05) is 70.5 Å². The Bertz CT molecular complexity index is 2190. The number of carbonyl (C=O) groups is 6. The lowest BCUT2D eigenvalue weighted by atomic mass is 10.0. The molecule has 1 amide bonds. The number of nitrogens with one attached hydrogen (secondary N) is 1. The molecule has 0 bridgehead atoms. The zero-order chi connectivity index (χ0) is 41.4. The molecule has 6 rings (SSSR count). The number of likely N-dealkylation sites (tertiary alicyclic amines) is 1. The van der Waals surface area contributed by atoms with E-state index in [2.05, 4.69) is 21.2 Å². The van der Waals surface area contributed by atoms with Crippen molar-refractivity contribution in [2.75, 3.05) is 19.8 Å². The van der Waals surface area contributed by atoms with Gasteiger partial charge < -0.3 is 23.7 Å². The Hall–Kier alpha value is -5.60. The number of rotatable bonds is 14. The second-order valence-corrected chi connectivity index (χ2v) is 16.0. The van der Waals surface area contributed by atoms with Crippen LogP contribution in [0.1, 0.15) is 78.3 Å². The van der Waals surface area contributed by atoms with Crippen LogP contribution in [0.2, 0.25) is 0 Å². The predicted molar refractivity (Wildman–Crippen MR) is 215 cm³/mol.